The molecule has 262 valence electrons. The van der Waals surface area contributed by atoms with Crippen molar-refractivity contribution in [2.45, 2.75) is 0 Å². The zero-order chi connectivity index (χ0) is 37.0. The van der Waals surface area contributed by atoms with Crippen LogP contribution in [0.15, 0.2) is 212 Å². The average Bonchev–Trinajstić information content (AvgIpc) is 3.81. The number of aromatic nitrogens is 3. The molecule has 3 heteroatoms. The Morgan fingerprint density at radius 1 is 0.304 bits per heavy atom. The van der Waals surface area contributed by atoms with Crippen LogP contribution in [0.3, 0.4) is 0 Å². The van der Waals surface area contributed by atoms with Gasteiger partial charge in [0.1, 0.15) is 5.82 Å². The maximum absolute atomic E-state index is 5.39. The predicted molar refractivity (Wildman–Crippen MR) is 235 cm³/mol. The second-order valence-corrected chi connectivity index (χ2v) is 14.4. The molecular formula is C53H35N3. The van der Waals surface area contributed by atoms with Crippen molar-refractivity contribution in [2.24, 2.45) is 0 Å². The van der Waals surface area contributed by atoms with Crippen molar-refractivity contribution in [3.63, 3.8) is 0 Å². The molecule has 11 rings (SSSR count). The summed E-state index contributed by atoms with van der Waals surface area (Å²) in [5.74, 6) is 0.890. The van der Waals surface area contributed by atoms with E-state index in [4.69, 9.17) is 4.98 Å². The standard InChI is InChI=1S/C53H35N3/c1-4-17-36(18-5-1)39-23-14-24-41(33-39)55-47-29-12-10-25-44(47)52-42(27-15-31-49(52)55)43-28-16-32-50-53(43)45-26-11-13-30-48(45)56(50)51-35-40(37-19-6-2-7-20-37)34-46(54-51)38-21-8-3-9-22-38/h1-35H. The highest BCUT2D eigenvalue weighted by molar-refractivity contribution is 6.22. The van der Waals surface area contributed by atoms with E-state index in [0.717, 1.165) is 44.9 Å². The van der Waals surface area contributed by atoms with E-state index in [0.29, 0.717) is 0 Å². The lowest BCUT2D eigenvalue weighted by molar-refractivity contribution is 1.08. The van der Waals surface area contributed by atoms with Crippen LogP contribution in [0, 0.1) is 0 Å². The van der Waals surface area contributed by atoms with E-state index in [2.05, 4.69) is 221 Å². The molecule has 0 aliphatic carbocycles. The normalized spacial score (nSPS) is 11.6. The van der Waals surface area contributed by atoms with Gasteiger partial charge in [-0.3, -0.25) is 4.57 Å². The lowest BCUT2D eigenvalue weighted by Crippen LogP contribution is -2.00. The minimum atomic E-state index is 0.890. The van der Waals surface area contributed by atoms with Gasteiger partial charge in [0.05, 0.1) is 27.8 Å². The van der Waals surface area contributed by atoms with Crippen LogP contribution in [0.5, 0.6) is 0 Å². The molecular weight excluding hydrogens is 679 g/mol. The first-order chi connectivity index (χ1) is 27.8. The first kappa shape index (κ1) is 32.0. The third kappa shape index (κ3) is 5.17. The van der Waals surface area contributed by atoms with Gasteiger partial charge in [0.2, 0.25) is 0 Å². The lowest BCUT2D eigenvalue weighted by atomic mass is 9.95. The van der Waals surface area contributed by atoms with Crippen molar-refractivity contribution in [3.8, 4) is 56.1 Å². The quantitative estimate of drug-likeness (QED) is 0.168. The topological polar surface area (TPSA) is 22.8 Å². The van der Waals surface area contributed by atoms with Gasteiger partial charge in [-0.05, 0) is 81.9 Å². The number of hydrogen-bond donors (Lipinski definition) is 0. The third-order valence-electron chi connectivity index (χ3n) is 11.1. The fourth-order valence-electron chi connectivity index (χ4n) is 8.65. The summed E-state index contributed by atoms with van der Waals surface area (Å²) in [6, 6.07) is 76.2. The number of rotatable bonds is 6. The molecule has 0 amide bonds. The fourth-order valence-corrected chi connectivity index (χ4v) is 8.65. The third-order valence-corrected chi connectivity index (χ3v) is 11.1. The Labute approximate surface area is 325 Å². The monoisotopic (exact) mass is 713 g/mol. The van der Waals surface area contributed by atoms with Crippen LogP contribution in [0.4, 0.5) is 0 Å². The molecule has 11 aromatic rings. The van der Waals surface area contributed by atoms with Crippen molar-refractivity contribution in [1.82, 2.24) is 14.1 Å². The highest BCUT2D eigenvalue weighted by Crippen LogP contribution is 2.44. The summed E-state index contributed by atoms with van der Waals surface area (Å²) in [4.78, 5) is 5.39. The second kappa shape index (κ2) is 13.1. The van der Waals surface area contributed by atoms with E-state index in [1.165, 1.54) is 54.8 Å². The van der Waals surface area contributed by atoms with E-state index in [1.54, 1.807) is 0 Å². The molecule has 0 fully saturated rings. The van der Waals surface area contributed by atoms with Crippen LogP contribution in [0.1, 0.15) is 0 Å². The fraction of sp³-hybridized carbons (Fsp3) is 0. The van der Waals surface area contributed by atoms with Gasteiger partial charge >= 0.3 is 0 Å². The summed E-state index contributed by atoms with van der Waals surface area (Å²) in [6.45, 7) is 0. The average molecular weight is 714 g/mol. The second-order valence-electron chi connectivity index (χ2n) is 14.4. The van der Waals surface area contributed by atoms with Crippen LogP contribution in [-0.4, -0.2) is 14.1 Å². The Morgan fingerprint density at radius 2 is 0.768 bits per heavy atom. The van der Waals surface area contributed by atoms with Crippen molar-refractivity contribution in [2.75, 3.05) is 0 Å². The van der Waals surface area contributed by atoms with Gasteiger partial charge < -0.3 is 4.57 Å². The van der Waals surface area contributed by atoms with Crippen molar-refractivity contribution in [1.29, 1.82) is 0 Å². The van der Waals surface area contributed by atoms with E-state index in [1.807, 2.05) is 0 Å². The molecule has 0 bridgehead atoms. The Kier molecular flexibility index (Phi) is 7.49. The van der Waals surface area contributed by atoms with Gasteiger partial charge in [-0.15, -0.1) is 0 Å². The molecule has 0 unspecified atom stereocenters. The molecule has 0 spiro atoms. The molecule has 0 atom stereocenters. The highest BCUT2D eigenvalue weighted by Gasteiger charge is 2.21. The van der Waals surface area contributed by atoms with E-state index >= 15 is 0 Å². The number of pyridine rings is 1. The minimum Gasteiger partial charge on any atom is -0.309 e. The molecule has 3 aromatic heterocycles. The number of nitrogens with zero attached hydrogens (tertiary/aromatic N) is 3. The van der Waals surface area contributed by atoms with Crippen LogP contribution >= 0.6 is 0 Å². The zero-order valence-electron chi connectivity index (χ0n) is 30.5. The predicted octanol–water partition coefficient (Wildman–Crippen LogP) is 13.9. The summed E-state index contributed by atoms with van der Waals surface area (Å²) in [5, 5.41) is 4.89. The lowest BCUT2D eigenvalue weighted by Gasteiger charge is -2.13. The Bertz CT molecular complexity index is 3170. The Morgan fingerprint density at radius 3 is 1.39 bits per heavy atom. The van der Waals surface area contributed by atoms with Gasteiger partial charge in [0, 0.05) is 32.8 Å². The van der Waals surface area contributed by atoms with Crippen molar-refractivity contribution >= 4 is 43.6 Å². The molecule has 0 aliphatic heterocycles. The summed E-state index contributed by atoms with van der Waals surface area (Å²) in [6.07, 6.45) is 0. The molecule has 8 aromatic carbocycles. The van der Waals surface area contributed by atoms with Crippen molar-refractivity contribution in [3.05, 3.63) is 212 Å². The molecule has 0 N–H and O–H groups in total. The molecule has 56 heavy (non-hydrogen) atoms. The number of hydrogen-bond acceptors (Lipinski definition) is 1. The molecule has 3 nitrogen and oxygen atoms in total. The largest absolute Gasteiger partial charge is 0.309 e. The maximum Gasteiger partial charge on any atom is 0.138 e. The van der Waals surface area contributed by atoms with Crippen LogP contribution < -0.4 is 0 Å². The molecule has 0 saturated heterocycles. The molecule has 3 heterocycles. The smallest absolute Gasteiger partial charge is 0.138 e. The number of benzene rings is 8. The van der Waals surface area contributed by atoms with Gasteiger partial charge in [0.15, 0.2) is 0 Å². The van der Waals surface area contributed by atoms with E-state index < -0.39 is 0 Å². The van der Waals surface area contributed by atoms with Gasteiger partial charge in [-0.1, -0.05) is 164 Å². The SMILES string of the molecule is c1ccc(-c2cccc(-n3c4ccccc4c4c(-c5cccc6c5c5ccccc5n6-c5cc(-c6ccccc6)cc(-c6ccccc6)n5)cccc43)c2)cc1. The maximum atomic E-state index is 5.39. The zero-order valence-corrected chi connectivity index (χ0v) is 30.5. The van der Waals surface area contributed by atoms with Crippen molar-refractivity contribution < 1.29 is 0 Å². The van der Waals surface area contributed by atoms with E-state index in [-0.39, 0.29) is 0 Å². The Balaban J connectivity index is 1.17. The van der Waals surface area contributed by atoms with Gasteiger partial charge in [-0.2, -0.15) is 0 Å². The summed E-state index contributed by atoms with van der Waals surface area (Å²) < 4.78 is 4.78. The first-order valence-electron chi connectivity index (χ1n) is 19.1. The summed E-state index contributed by atoms with van der Waals surface area (Å²) in [5.41, 5.74) is 14.9. The first-order valence-corrected chi connectivity index (χ1v) is 19.1. The molecule has 0 aliphatic rings. The number of fused-ring (bicyclic) bond motifs is 6. The van der Waals surface area contributed by atoms with Crippen LogP contribution in [-0.2, 0) is 0 Å². The van der Waals surface area contributed by atoms with E-state index in [9.17, 15) is 0 Å². The molecule has 0 radical (unpaired) electrons. The number of para-hydroxylation sites is 2. The summed E-state index contributed by atoms with van der Waals surface area (Å²) >= 11 is 0. The minimum absolute atomic E-state index is 0.890. The van der Waals surface area contributed by atoms with Crippen LogP contribution in [0.2, 0.25) is 0 Å². The summed E-state index contributed by atoms with van der Waals surface area (Å²) in [7, 11) is 0. The Hall–Kier alpha value is -7.49. The highest BCUT2D eigenvalue weighted by atomic mass is 15.1. The molecule has 0 saturated carbocycles. The van der Waals surface area contributed by atoms with Gasteiger partial charge in [-0.25, -0.2) is 4.98 Å². The van der Waals surface area contributed by atoms with Gasteiger partial charge in [0.25, 0.3) is 0 Å². The van der Waals surface area contributed by atoms with Crippen LogP contribution in [0.25, 0.3) is 99.8 Å².